The van der Waals surface area contributed by atoms with Gasteiger partial charge in [-0.05, 0) is 44.0 Å². The average Bonchev–Trinajstić information content (AvgIpc) is 2.92. The van der Waals surface area contributed by atoms with E-state index in [1.807, 2.05) is 50.3 Å². The number of carbonyl (C=O) groups excluding carboxylic acids is 1. The minimum absolute atomic E-state index is 0.00455. The number of hydrogen-bond donors (Lipinski definition) is 2. The maximum atomic E-state index is 11.9. The van der Waals surface area contributed by atoms with Crippen molar-refractivity contribution in [1.29, 1.82) is 0 Å². The van der Waals surface area contributed by atoms with Gasteiger partial charge >= 0.3 is 0 Å². The molecule has 2 N–H and O–H groups in total. The van der Waals surface area contributed by atoms with Crippen molar-refractivity contribution in [2.75, 3.05) is 6.61 Å². The summed E-state index contributed by atoms with van der Waals surface area (Å²) in [5.41, 5.74) is 0.920. The van der Waals surface area contributed by atoms with Gasteiger partial charge in [0.1, 0.15) is 5.75 Å². The first-order chi connectivity index (χ1) is 10.6. The summed E-state index contributed by atoms with van der Waals surface area (Å²) in [4.78, 5) is 11.9. The molecule has 118 valence electrons. The number of rotatable bonds is 6. The number of aliphatic hydroxyl groups is 1. The van der Waals surface area contributed by atoms with Crippen LogP contribution in [0.2, 0.25) is 0 Å². The molecule has 22 heavy (non-hydrogen) atoms. The Morgan fingerprint density at radius 1 is 1.45 bits per heavy atom. The molecule has 0 saturated heterocycles. The Bertz CT molecular complexity index is 563. The average molecular weight is 301 g/mol. The zero-order chi connectivity index (χ0) is 15.9. The summed E-state index contributed by atoms with van der Waals surface area (Å²) in [5, 5.41) is 12.0. The Hall–Kier alpha value is -2.07. The Morgan fingerprint density at radius 3 is 2.95 bits per heavy atom. The van der Waals surface area contributed by atoms with Crippen LogP contribution >= 0.6 is 0 Å². The van der Waals surface area contributed by atoms with Crippen LogP contribution in [0, 0.1) is 5.92 Å². The van der Waals surface area contributed by atoms with Gasteiger partial charge in [-0.25, -0.2) is 0 Å². The van der Waals surface area contributed by atoms with E-state index in [0.29, 0.717) is 0 Å². The first-order valence-corrected chi connectivity index (χ1v) is 7.61. The normalized spacial score (nSPS) is 20.7. The number of amides is 1. The topological polar surface area (TPSA) is 58.6 Å². The SMILES string of the molecule is CC(C)Oc1cccc(/C=C/C(=O)N[C@@H]2C=C[C@H](CO)C2)c1. The van der Waals surface area contributed by atoms with E-state index in [4.69, 9.17) is 9.84 Å². The fourth-order valence-corrected chi connectivity index (χ4v) is 2.38. The van der Waals surface area contributed by atoms with E-state index in [0.717, 1.165) is 17.7 Å². The lowest BCUT2D eigenvalue weighted by atomic mass is 10.1. The highest BCUT2D eigenvalue weighted by molar-refractivity contribution is 5.92. The maximum Gasteiger partial charge on any atom is 0.244 e. The van der Waals surface area contributed by atoms with Gasteiger partial charge in [-0.2, -0.15) is 0 Å². The summed E-state index contributed by atoms with van der Waals surface area (Å²) in [7, 11) is 0. The lowest BCUT2D eigenvalue weighted by Crippen LogP contribution is -2.31. The summed E-state index contributed by atoms with van der Waals surface area (Å²) in [6, 6.07) is 7.64. The molecule has 0 fully saturated rings. The van der Waals surface area contributed by atoms with Crippen LogP contribution in [0.4, 0.5) is 0 Å². The Labute approximate surface area is 131 Å². The molecule has 1 aromatic carbocycles. The zero-order valence-electron chi connectivity index (χ0n) is 13.0. The predicted octanol–water partition coefficient (Wildman–Crippen LogP) is 2.54. The van der Waals surface area contributed by atoms with Crippen LogP contribution in [0.5, 0.6) is 5.75 Å². The van der Waals surface area contributed by atoms with E-state index >= 15 is 0 Å². The van der Waals surface area contributed by atoms with Crippen molar-refractivity contribution in [1.82, 2.24) is 5.32 Å². The van der Waals surface area contributed by atoms with Crippen LogP contribution < -0.4 is 10.1 Å². The molecule has 4 heteroatoms. The monoisotopic (exact) mass is 301 g/mol. The van der Waals surface area contributed by atoms with Gasteiger partial charge in [0.2, 0.25) is 5.91 Å². The Kier molecular flexibility index (Phi) is 5.78. The minimum atomic E-state index is -0.136. The molecule has 1 amide bonds. The molecule has 1 aliphatic carbocycles. The molecule has 0 unspecified atom stereocenters. The van der Waals surface area contributed by atoms with Crippen LogP contribution in [-0.2, 0) is 4.79 Å². The van der Waals surface area contributed by atoms with Crippen LogP contribution in [0.25, 0.3) is 6.08 Å². The van der Waals surface area contributed by atoms with E-state index in [-0.39, 0.29) is 30.6 Å². The van der Waals surface area contributed by atoms with Crippen molar-refractivity contribution in [3.05, 3.63) is 48.1 Å². The van der Waals surface area contributed by atoms with Gasteiger partial charge in [-0.3, -0.25) is 4.79 Å². The third-order valence-corrected chi connectivity index (χ3v) is 3.39. The molecule has 1 aromatic rings. The van der Waals surface area contributed by atoms with Gasteiger partial charge in [0.25, 0.3) is 0 Å². The minimum Gasteiger partial charge on any atom is -0.491 e. The van der Waals surface area contributed by atoms with Gasteiger partial charge in [-0.1, -0.05) is 24.3 Å². The highest BCUT2D eigenvalue weighted by Gasteiger charge is 2.18. The fourth-order valence-electron chi connectivity index (χ4n) is 2.38. The van der Waals surface area contributed by atoms with Gasteiger partial charge in [0.05, 0.1) is 6.10 Å². The van der Waals surface area contributed by atoms with Crippen molar-refractivity contribution in [2.45, 2.75) is 32.4 Å². The maximum absolute atomic E-state index is 11.9. The van der Waals surface area contributed by atoms with E-state index in [1.54, 1.807) is 6.08 Å². The lowest BCUT2D eigenvalue weighted by Gasteiger charge is -2.11. The van der Waals surface area contributed by atoms with Crippen molar-refractivity contribution in [2.24, 2.45) is 5.92 Å². The van der Waals surface area contributed by atoms with E-state index < -0.39 is 0 Å². The van der Waals surface area contributed by atoms with E-state index in [9.17, 15) is 4.79 Å². The van der Waals surface area contributed by atoms with Crippen molar-refractivity contribution in [3.63, 3.8) is 0 Å². The Balaban J connectivity index is 1.88. The van der Waals surface area contributed by atoms with Gasteiger partial charge in [-0.15, -0.1) is 0 Å². The summed E-state index contributed by atoms with van der Waals surface area (Å²) in [6.07, 6.45) is 8.05. The third kappa shape index (κ3) is 5.04. The standard InChI is InChI=1S/C18H23NO3/c1-13(2)22-17-5-3-4-14(11-17)7-9-18(21)19-16-8-6-15(10-16)12-20/h3-9,11,13,15-16,20H,10,12H2,1-2H3,(H,19,21)/b9-7+/t15-,16+/m0/s1. The second-order valence-electron chi connectivity index (χ2n) is 5.75. The first-order valence-electron chi connectivity index (χ1n) is 7.61. The molecule has 4 nitrogen and oxygen atoms in total. The fraction of sp³-hybridized carbons (Fsp3) is 0.389. The highest BCUT2D eigenvalue weighted by atomic mass is 16.5. The second kappa shape index (κ2) is 7.80. The van der Waals surface area contributed by atoms with Crippen LogP contribution in [-0.4, -0.2) is 29.8 Å². The smallest absolute Gasteiger partial charge is 0.244 e. The number of aliphatic hydroxyl groups excluding tert-OH is 1. The van der Waals surface area contributed by atoms with Crippen molar-refractivity contribution >= 4 is 12.0 Å². The summed E-state index contributed by atoms with van der Waals surface area (Å²) >= 11 is 0. The van der Waals surface area contributed by atoms with Crippen molar-refractivity contribution < 1.29 is 14.6 Å². The van der Waals surface area contributed by atoms with Gasteiger partial charge in [0.15, 0.2) is 0 Å². The number of benzene rings is 1. The molecular weight excluding hydrogens is 278 g/mol. The second-order valence-corrected chi connectivity index (χ2v) is 5.75. The number of nitrogens with one attached hydrogen (secondary N) is 1. The highest BCUT2D eigenvalue weighted by Crippen LogP contribution is 2.17. The number of hydrogen-bond acceptors (Lipinski definition) is 3. The third-order valence-electron chi connectivity index (χ3n) is 3.39. The zero-order valence-corrected chi connectivity index (χ0v) is 13.0. The summed E-state index contributed by atoms with van der Waals surface area (Å²) in [6.45, 7) is 4.08. The number of ether oxygens (including phenoxy) is 1. The van der Waals surface area contributed by atoms with Crippen LogP contribution in [0.3, 0.4) is 0 Å². The predicted molar refractivity (Wildman–Crippen MR) is 87.5 cm³/mol. The molecular formula is C18H23NO3. The summed E-state index contributed by atoms with van der Waals surface area (Å²) < 4.78 is 5.63. The quantitative estimate of drug-likeness (QED) is 0.627. The van der Waals surface area contributed by atoms with Crippen molar-refractivity contribution in [3.8, 4) is 5.75 Å². The number of carbonyl (C=O) groups is 1. The Morgan fingerprint density at radius 2 is 2.27 bits per heavy atom. The van der Waals surface area contributed by atoms with E-state index in [1.165, 1.54) is 6.08 Å². The molecule has 0 saturated carbocycles. The molecule has 0 aliphatic heterocycles. The molecule has 2 atom stereocenters. The van der Waals surface area contributed by atoms with E-state index in [2.05, 4.69) is 5.32 Å². The lowest BCUT2D eigenvalue weighted by molar-refractivity contribution is -0.116. The van der Waals surface area contributed by atoms with Crippen LogP contribution in [0.1, 0.15) is 25.8 Å². The molecule has 0 heterocycles. The summed E-state index contributed by atoms with van der Waals surface area (Å²) in [5.74, 6) is 0.810. The van der Waals surface area contributed by atoms with Gasteiger partial charge < -0.3 is 15.2 Å². The van der Waals surface area contributed by atoms with Gasteiger partial charge in [0, 0.05) is 24.6 Å². The van der Waals surface area contributed by atoms with Crippen LogP contribution in [0.15, 0.2) is 42.5 Å². The molecule has 0 spiro atoms. The molecule has 1 aliphatic rings. The molecule has 2 rings (SSSR count). The molecule has 0 bridgehead atoms. The molecule has 0 radical (unpaired) electrons. The molecule has 0 aromatic heterocycles. The first kappa shape index (κ1) is 16.3. The largest absolute Gasteiger partial charge is 0.491 e.